The van der Waals surface area contributed by atoms with Crippen molar-refractivity contribution in [2.45, 2.75) is 45.4 Å². The van der Waals surface area contributed by atoms with Crippen LogP contribution < -0.4 is 4.74 Å². The second-order valence-electron chi connectivity index (χ2n) is 5.52. The standard InChI is InChI=1S/C19H25N3O/c1-2-3-4-5-6-7-16-23-19-10-8-17(9-11-19)21-22-18-12-14-20-15-13-18/h8-15H,2-7,16H2,1H3. The lowest BCUT2D eigenvalue weighted by atomic mass is 10.1. The van der Waals surface area contributed by atoms with Crippen molar-refractivity contribution in [1.82, 2.24) is 4.98 Å². The zero-order valence-corrected chi connectivity index (χ0v) is 13.8. The maximum atomic E-state index is 5.75. The molecule has 0 saturated carbocycles. The van der Waals surface area contributed by atoms with Gasteiger partial charge in [-0.05, 0) is 42.8 Å². The number of benzene rings is 1. The molecule has 0 amide bonds. The van der Waals surface area contributed by atoms with E-state index in [9.17, 15) is 0 Å². The summed E-state index contributed by atoms with van der Waals surface area (Å²) >= 11 is 0. The fourth-order valence-electron chi connectivity index (χ4n) is 2.21. The summed E-state index contributed by atoms with van der Waals surface area (Å²) in [6, 6.07) is 11.4. The lowest BCUT2D eigenvalue weighted by molar-refractivity contribution is 0.304. The van der Waals surface area contributed by atoms with Gasteiger partial charge in [-0.1, -0.05) is 39.0 Å². The van der Waals surface area contributed by atoms with Crippen LogP contribution in [-0.2, 0) is 0 Å². The zero-order chi connectivity index (χ0) is 16.2. The van der Waals surface area contributed by atoms with Gasteiger partial charge in [-0.25, -0.2) is 0 Å². The van der Waals surface area contributed by atoms with Gasteiger partial charge in [-0.2, -0.15) is 10.2 Å². The highest BCUT2D eigenvalue weighted by Crippen LogP contribution is 2.21. The second kappa shape index (κ2) is 10.5. The summed E-state index contributed by atoms with van der Waals surface area (Å²) < 4.78 is 5.75. The number of rotatable bonds is 10. The fourth-order valence-corrected chi connectivity index (χ4v) is 2.21. The first kappa shape index (κ1) is 17.1. The summed E-state index contributed by atoms with van der Waals surface area (Å²) in [6.07, 6.45) is 11.1. The van der Waals surface area contributed by atoms with Gasteiger partial charge in [0.25, 0.3) is 0 Å². The van der Waals surface area contributed by atoms with E-state index < -0.39 is 0 Å². The molecule has 0 aliphatic heterocycles. The SMILES string of the molecule is CCCCCCCCOc1ccc(N=Nc2ccncc2)cc1. The summed E-state index contributed by atoms with van der Waals surface area (Å²) in [4.78, 5) is 3.95. The Morgan fingerprint density at radius 1 is 0.783 bits per heavy atom. The van der Waals surface area contributed by atoms with Crippen LogP contribution in [0.15, 0.2) is 59.0 Å². The van der Waals surface area contributed by atoms with Crippen LogP contribution in [0.5, 0.6) is 5.75 Å². The summed E-state index contributed by atoms with van der Waals surface area (Å²) in [5.74, 6) is 0.890. The summed E-state index contributed by atoms with van der Waals surface area (Å²) in [5, 5.41) is 8.36. The maximum absolute atomic E-state index is 5.75. The average molecular weight is 311 g/mol. The molecule has 0 radical (unpaired) electrons. The van der Waals surface area contributed by atoms with Gasteiger partial charge in [-0.15, -0.1) is 0 Å². The minimum Gasteiger partial charge on any atom is -0.494 e. The smallest absolute Gasteiger partial charge is 0.119 e. The number of azo groups is 1. The largest absolute Gasteiger partial charge is 0.494 e. The molecule has 0 aliphatic carbocycles. The highest BCUT2D eigenvalue weighted by molar-refractivity contribution is 5.42. The molecule has 0 atom stereocenters. The van der Waals surface area contributed by atoms with E-state index in [-0.39, 0.29) is 0 Å². The Kier molecular flexibility index (Phi) is 7.81. The van der Waals surface area contributed by atoms with E-state index in [1.54, 1.807) is 12.4 Å². The molecule has 0 saturated heterocycles. The Labute approximate surface area is 138 Å². The molecule has 0 fully saturated rings. The van der Waals surface area contributed by atoms with E-state index in [1.165, 1.54) is 32.1 Å². The van der Waals surface area contributed by atoms with E-state index >= 15 is 0 Å². The average Bonchev–Trinajstić information content (AvgIpc) is 2.61. The van der Waals surface area contributed by atoms with Gasteiger partial charge in [-0.3, -0.25) is 4.98 Å². The molecule has 0 aliphatic rings. The van der Waals surface area contributed by atoms with Crippen LogP contribution in [0.25, 0.3) is 0 Å². The number of pyridine rings is 1. The predicted octanol–water partition coefficient (Wildman–Crippen LogP) is 6.24. The molecule has 0 bridgehead atoms. The Morgan fingerprint density at radius 3 is 2.09 bits per heavy atom. The number of hydrogen-bond donors (Lipinski definition) is 0. The highest BCUT2D eigenvalue weighted by atomic mass is 16.5. The minimum absolute atomic E-state index is 0.782. The van der Waals surface area contributed by atoms with Crippen LogP contribution in [0.1, 0.15) is 45.4 Å². The first-order valence-corrected chi connectivity index (χ1v) is 8.43. The van der Waals surface area contributed by atoms with Gasteiger partial charge in [0.2, 0.25) is 0 Å². The lowest BCUT2D eigenvalue weighted by Gasteiger charge is -2.06. The Bertz CT molecular complexity index is 567. The number of unbranched alkanes of at least 4 members (excludes halogenated alkanes) is 5. The van der Waals surface area contributed by atoms with Crippen LogP contribution in [0.4, 0.5) is 11.4 Å². The van der Waals surface area contributed by atoms with E-state index in [4.69, 9.17) is 4.74 Å². The van der Waals surface area contributed by atoms with E-state index in [0.717, 1.165) is 30.2 Å². The van der Waals surface area contributed by atoms with E-state index in [1.807, 2.05) is 36.4 Å². The van der Waals surface area contributed by atoms with Crippen molar-refractivity contribution in [2.24, 2.45) is 10.2 Å². The third-order valence-corrected chi connectivity index (χ3v) is 3.55. The molecule has 1 aromatic heterocycles. The normalized spacial score (nSPS) is 11.0. The maximum Gasteiger partial charge on any atom is 0.119 e. The van der Waals surface area contributed by atoms with E-state index in [0.29, 0.717) is 0 Å². The van der Waals surface area contributed by atoms with Crippen LogP contribution in [0.2, 0.25) is 0 Å². The van der Waals surface area contributed by atoms with Crippen molar-refractivity contribution in [1.29, 1.82) is 0 Å². The number of nitrogens with zero attached hydrogens (tertiary/aromatic N) is 3. The van der Waals surface area contributed by atoms with Gasteiger partial charge in [0.05, 0.1) is 18.0 Å². The molecule has 4 nitrogen and oxygen atoms in total. The van der Waals surface area contributed by atoms with E-state index in [2.05, 4.69) is 22.1 Å². The quantitative estimate of drug-likeness (QED) is 0.385. The number of hydrogen-bond acceptors (Lipinski definition) is 4. The predicted molar refractivity (Wildman–Crippen MR) is 93.7 cm³/mol. The van der Waals surface area contributed by atoms with Crippen molar-refractivity contribution in [3.8, 4) is 5.75 Å². The van der Waals surface area contributed by atoms with Gasteiger partial charge < -0.3 is 4.74 Å². The van der Waals surface area contributed by atoms with Crippen molar-refractivity contribution in [3.05, 3.63) is 48.8 Å². The van der Waals surface area contributed by atoms with Gasteiger partial charge >= 0.3 is 0 Å². The van der Waals surface area contributed by atoms with Crippen molar-refractivity contribution >= 4 is 11.4 Å². The minimum atomic E-state index is 0.782. The molecule has 0 spiro atoms. The number of ether oxygens (including phenoxy) is 1. The molecule has 2 aromatic rings. The molecular formula is C19H25N3O. The van der Waals surface area contributed by atoms with Gasteiger partial charge in [0.15, 0.2) is 0 Å². The van der Waals surface area contributed by atoms with Crippen LogP contribution in [0, 0.1) is 0 Å². The molecule has 1 aromatic carbocycles. The lowest BCUT2D eigenvalue weighted by Crippen LogP contribution is -1.96. The Hall–Kier alpha value is -2.23. The topological polar surface area (TPSA) is 46.8 Å². The number of aromatic nitrogens is 1. The molecule has 0 N–H and O–H groups in total. The summed E-state index contributed by atoms with van der Waals surface area (Å²) in [6.45, 7) is 3.02. The molecule has 23 heavy (non-hydrogen) atoms. The highest BCUT2D eigenvalue weighted by Gasteiger charge is 1.96. The van der Waals surface area contributed by atoms with Crippen molar-refractivity contribution in [3.63, 3.8) is 0 Å². The van der Waals surface area contributed by atoms with Gasteiger partial charge in [0.1, 0.15) is 5.75 Å². The molecule has 4 heteroatoms. The van der Waals surface area contributed by atoms with Crippen molar-refractivity contribution < 1.29 is 4.74 Å². The van der Waals surface area contributed by atoms with Gasteiger partial charge in [0, 0.05) is 12.4 Å². The Morgan fingerprint density at radius 2 is 1.39 bits per heavy atom. The van der Waals surface area contributed by atoms with Crippen molar-refractivity contribution in [2.75, 3.05) is 6.61 Å². The third-order valence-electron chi connectivity index (χ3n) is 3.55. The third kappa shape index (κ3) is 7.04. The molecule has 1 heterocycles. The summed E-state index contributed by atoms with van der Waals surface area (Å²) in [5.41, 5.74) is 1.61. The van der Waals surface area contributed by atoms with Crippen LogP contribution in [0.3, 0.4) is 0 Å². The fraction of sp³-hybridized carbons (Fsp3) is 0.421. The van der Waals surface area contributed by atoms with Crippen LogP contribution >= 0.6 is 0 Å². The first-order chi connectivity index (χ1) is 11.4. The molecule has 2 rings (SSSR count). The molecular weight excluding hydrogens is 286 g/mol. The molecule has 122 valence electrons. The zero-order valence-electron chi connectivity index (χ0n) is 13.8. The summed E-state index contributed by atoms with van der Waals surface area (Å²) in [7, 11) is 0. The second-order valence-corrected chi connectivity index (χ2v) is 5.52. The van der Waals surface area contributed by atoms with Crippen LogP contribution in [-0.4, -0.2) is 11.6 Å². The monoisotopic (exact) mass is 311 g/mol. The Balaban J connectivity index is 1.69. The molecule has 0 unspecified atom stereocenters. The first-order valence-electron chi connectivity index (χ1n) is 8.43.